The summed E-state index contributed by atoms with van der Waals surface area (Å²) in [5, 5.41) is 51.7. The number of thiophene rings is 1. The van der Waals surface area contributed by atoms with Crippen LogP contribution in [0.2, 0.25) is 50.2 Å². The molecule has 0 radical (unpaired) electrons. The first kappa shape index (κ1) is 99.1. The molecule has 0 aliphatic rings. The number of amides is 4. The lowest BCUT2D eigenvalue weighted by Crippen LogP contribution is -2.30. The Balaban J connectivity index is 0.000000158. The van der Waals surface area contributed by atoms with Gasteiger partial charge in [0.2, 0.25) is 11.5 Å². The zero-order valence-electron chi connectivity index (χ0n) is 66.1. The first-order valence-electron chi connectivity index (χ1n) is 37.3. The molecule has 24 nitrogen and oxygen atoms in total. The summed E-state index contributed by atoms with van der Waals surface area (Å²) in [5.41, 5.74) is 6.22. The maximum Gasteiger partial charge on any atom is 0.296 e. The maximum atomic E-state index is 14.6. The third kappa shape index (κ3) is 27.1. The van der Waals surface area contributed by atoms with E-state index in [1.807, 2.05) is 66.7 Å². The summed E-state index contributed by atoms with van der Waals surface area (Å²) in [6, 6.07) is 62.4. The van der Waals surface area contributed by atoms with Gasteiger partial charge in [-0.05, 0) is 230 Å². The molecule has 131 heavy (non-hydrogen) atoms. The molecule has 10 aromatic heterocycles. The Bertz CT molecular complexity index is 6820. The van der Waals surface area contributed by atoms with Gasteiger partial charge in [-0.25, -0.2) is 13.2 Å². The van der Waals surface area contributed by atoms with Gasteiger partial charge in [-0.2, -0.15) is 20.8 Å². The number of furan rings is 3. The average molecular weight is 2110 g/mol. The molecule has 0 bridgehead atoms. The maximum absolute atomic E-state index is 14.6. The number of carbonyl (C=O) groups excluding carboxylic acids is 4. The Kier molecular flexibility index (Phi) is 35.4. The van der Waals surface area contributed by atoms with Crippen molar-refractivity contribution in [1.29, 1.82) is 21.2 Å². The van der Waals surface area contributed by atoms with E-state index < -0.39 is 71.3 Å². The number of rotatable bonds is 21. The second kappa shape index (κ2) is 46.9. The number of nitriles is 3. The van der Waals surface area contributed by atoms with Crippen LogP contribution in [-0.2, 0) is 0 Å². The highest BCUT2D eigenvalue weighted by atomic mass is 79.9. The van der Waals surface area contributed by atoms with Gasteiger partial charge in [-0.3, -0.25) is 44.1 Å². The third-order valence-electron chi connectivity index (χ3n) is 18.1. The summed E-state index contributed by atoms with van der Waals surface area (Å²) < 4.78 is 66.0. The van der Waals surface area contributed by atoms with Gasteiger partial charge in [0.15, 0.2) is 22.9 Å². The van der Waals surface area contributed by atoms with Crippen LogP contribution < -0.4 is 26.6 Å². The van der Waals surface area contributed by atoms with E-state index in [9.17, 15) is 32.3 Å². The van der Waals surface area contributed by atoms with E-state index in [-0.39, 0.29) is 66.7 Å². The van der Waals surface area contributed by atoms with Crippen LogP contribution in [0.1, 0.15) is 150 Å². The predicted molar refractivity (Wildman–Crippen MR) is 502 cm³/mol. The van der Waals surface area contributed by atoms with Crippen molar-refractivity contribution in [1.82, 2.24) is 51.2 Å². The fourth-order valence-corrected chi connectivity index (χ4v) is 14.4. The van der Waals surface area contributed by atoms with Crippen LogP contribution in [0.5, 0.6) is 0 Å². The first-order chi connectivity index (χ1) is 62.5. The highest BCUT2D eigenvalue weighted by Crippen LogP contribution is 2.36. The monoisotopic (exact) mass is 2100 g/mol. The standard InChI is InChI=1S/C19H10Cl3F2N3O.C18H13BrClN3O2.C18H11BrClN3O2.C18H10Cl3N3O2.C18H10Cl2FN3OS.H2O/c20-10-2-4-15-16(7-10)28-19(26-15)27-17(9-1-3-12(22)13(23)5-9)18-14(24)6-11(21)8-25-18;2*19-12-3-7-15(22-10-12)17(11-1-4-13(20)5-2-11)23-18(24)16-8-6-14(9-21)25-16;19-11-2-5-15(23-9-11)17(10-1-4-13(20)14(21)7-10)24-18(25)16-6-3-12(8-22)26-16;19-11-3-1-10(2-4-11)16(17-14(21)7-12(20)9-23-17)24-18(25)15-6-5-13(8-22)26-15;/h1-8,17H,(H,26,27);1-10,17,21H,(H,23,24);1-8,10,17H,(H,23,24);1-7,9,17H,(H,24,25);1-7,9,16H,(H,24,25);1H2/t4*17-;16-;/m00000./s1. The van der Waals surface area contributed by atoms with Crippen molar-refractivity contribution in [3.8, 4) is 18.2 Å². The molecule has 0 unspecified atom stereocenters. The number of fused-ring (bicyclic) bond motifs is 1. The lowest BCUT2D eigenvalue weighted by Gasteiger charge is -2.19. The number of oxazole rings is 1. The van der Waals surface area contributed by atoms with Crippen LogP contribution in [0.3, 0.4) is 0 Å². The minimum absolute atomic E-state index is 0. The molecule has 8 N–H and O–H groups in total. The molecule has 660 valence electrons. The molecular formula is C91H56Br2Cl10F3N15O9S. The number of aromatic nitrogens is 6. The van der Waals surface area contributed by atoms with Gasteiger partial charge in [0.05, 0.1) is 82.5 Å². The minimum atomic E-state index is -0.910. The molecule has 40 heteroatoms. The van der Waals surface area contributed by atoms with E-state index in [4.69, 9.17) is 155 Å². The van der Waals surface area contributed by atoms with E-state index >= 15 is 0 Å². The first-order valence-corrected chi connectivity index (χ1v) is 43.5. The zero-order valence-corrected chi connectivity index (χ0v) is 77.6. The number of hydrogen-bond acceptors (Lipinski definition) is 20. The summed E-state index contributed by atoms with van der Waals surface area (Å²) in [5.74, 6) is -3.07. The van der Waals surface area contributed by atoms with E-state index in [2.05, 4.69) is 88.3 Å². The minimum Gasteiger partial charge on any atom is -0.450 e. The number of halogens is 15. The molecule has 0 spiro atoms. The topological polar surface area (TPSA) is 385 Å². The summed E-state index contributed by atoms with van der Waals surface area (Å²) in [6.45, 7) is 0. The Morgan fingerprint density at radius 1 is 0.389 bits per heavy atom. The van der Waals surface area contributed by atoms with E-state index in [1.165, 1.54) is 61.1 Å². The zero-order chi connectivity index (χ0) is 92.8. The van der Waals surface area contributed by atoms with Gasteiger partial charge in [0.25, 0.3) is 29.6 Å². The quantitative estimate of drug-likeness (QED) is 0.0364. The number of benzene rings is 6. The van der Waals surface area contributed by atoms with Crippen molar-refractivity contribution >= 4 is 206 Å². The van der Waals surface area contributed by atoms with Gasteiger partial charge < -0.3 is 55.1 Å². The number of pyridine rings is 5. The van der Waals surface area contributed by atoms with Gasteiger partial charge in [-0.1, -0.05) is 165 Å². The number of anilines is 1. The number of nitrogens with zero attached hydrogens (tertiary/aromatic N) is 9. The van der Waals surface area contributed by atoms with Crippen LogP contribution in [-0.4, -0.2) is 65.2 Å². The lowest BCUT2D eigenvalue weighted by molar-refractivity contribution is 0.0906. The van der Waals surface area contributed by atoms with E-state index in [0.29, 0.717) is 95.5 Å². The SMILES string of the molecule is Fc1cc([C@H](Nc2nc3ccc(Cl)cc3o2)c2ncc(Cl)cc2F)ccc1Cl.N#Cc1ccc(C(=O)N[C@@H](c2ccc(Cl)c(Cl)c2)c2ccc(Cl)cn2)o1.N#Cc1ccc(C(=O)N[C@@H](c2ccc(Cl)cc2)c2ccc(Br)cn2)o1.N#Cc1ccc(C(=O)N[C@@H](c2ccc(Cl)cc2)c2ncc(Cl)cc2F)s1.N=Cc1ccc(C(=O)N[C@@H](c2ccc(Cl)cc2)c2ccc(Br)cn2)o1.O. The lowest BCUT2D eigenvalue weighted by atomic mass is 10.0. The molecule has 0 saturated carbocycles. The van der Waals surface area contributed by atoms with Gasteiger partial charge in [0, 0.05) is 66.1 Å². The van der Waals surface area contributed by atoms with Crippen LogP contribution in [0, 0.1) is 56.9 Å². The fourth-order valence-electron chi connectivity index (χ4n) is 11.9. The predicted octanol–water partition coefficient (Wildman–Crippen LogP) is 24.9. The second-order valence-electron chi connectivity index (χ2n) is 26.8. The van der Waals surface area contributed by atoms with Crippen LogP contribution in [0.25, 0.3) is 11.1 Å². The third-order valence-corrected chi connectivity index (χ3v) is 22.7. The number of nitrogens with one attached hydrogen (secondary N) is 6. The smallest absolute Gasteiger partial charge is 0.296 e. The summed E-state index contributed by atoms with van der Waals surface area (Å²) in [6.07, 6.45) is 8.47. The Morgan fingerprint density at radius 2 is 0.817 bits per heavy atom. The molecule has 0 fully saturated rings. The van der Waals surface area contributed by atoms with E-state index in [0.717, 1.165) is 49.8 Å². The van der Waals surface area contributed by atoms with Crippen molar-refractivity contribution in [2.45, 2.75) is 30.2 Å². The van der Waals surface area contributed by atoms with Crippen molar-refractivity contribution in [3.63, 3.8) is 0 Å². The fraction of sp³-hybridized carbons (Fsp3) is 0.0549. The molecular weight excluding hydrogens is 2050 g/mol. The van der Waals surface area contributed by atoms with E-state index in [1.54, 1.807) is 134 Å². The normalized spacial score (nSPS) is 11.7. The summed E-state index contributed by atoms with van der Waals surface area (Å²) in [4.78, 5) is 76.3. The van der Waals surface area contributed by atoms with Crippen LogP contribution in [0.15, 0.2) is 282 Å². The number of carbonyl (C=O) groups is 4. The molecule has 6 aromatic carbocycles. The molecule has 0 aliphatic carbocycles. The van der Waals surface area contributed by atoms with Crippen molar-refractivity contribution < 1.29 is 55.5 Å². The Hall–Kier alpha value is -12.5. The Morgan fingerprint density at radius 3 is 1.25 bits per heavy atom. The average Bonchev–Trinajstić information content (AvgIpc) is 1.58. The summed E-state index contributed by atoms with van der Waals surface area (Å²) >= 11 is 66.8. The van der Waals surface area contributed by atoms with Gasteiger partial charge in [0.1, 0.15) is 69.2 Å². The van der Waals surface area contributed by atoms with Gasteiger partial charge >= 0.3 is 0 Å². The number of hydrogen-bond donors (Lipinski definition) is 6. The van der Waals surface area contributed by atoms with Crippen molar-refractivity contribution in [2.24, 2.45) is 0 Å². The Labute approximate surface area is 813 Å². The highest BCUT2D eigenvalue weighted by molar-refractivity contribution is 9.10. The summed E-state index contributed by atoms with van der Waals surface area (Å²) in [7, 11) is 0. The van der Waals surface area contributed by atoms with Crippen LogP contribution >= 0.6 is 159 Å². The molecule has 10 heterocycles. The largest absolute Gasteiger partial charge is 0.450 e. The molecule has 16 aromatic rings. The molecule has 0 aliphatic heterocycles. The van der Waals surface area contributed by atoms with Crippen LogP contribution in [0.4, 0.5) is 19.2 Å². The molecule has 5 atom stereocenters. The molecule has 0 saturated heterocycles. The molecule has 16 rings (SSSR count). The second-order valence-corrected chi connectivity index (χ2v) is 33.9. The highest BCUT2D eigenvalue weighted by Gasteiger charge is 2.29. The molecule has 4 amide bonds. The van der Waals surface area contributed by atoms with Crippen molar-refractivity contribution in [2.75, 3.05) is 5.32 Å². The van der Waals surface area contributed by atoms with Gasteiger partial charge in [-0.15, -0.1) is 11.3 Å². The van der Waals surface area contributed by atoms with Crippen molar-refractivity contribution in [3.05, 3.63) is 433 Å².